The number of hydrogen-bond donors (Lipinski definition) is 0. The zero-order chi connectivity index (χ0) is 11.7. The summed E-state index contributed by atoms with van der Waals surface area (Å²) < 4.78 is 63.5. The second kappa shape index (κ2) is 3.15. The highest BCUT2D eigenvalue weighted by Gasteiger charge is 2.01. The van der Waals surface area contributed by atoms with E-state index in [-0.39, 0.29) is 0 Å². The summed E-state index contributed by atoms with van der Waals surface area (Å²) in [5.41, 5.74) is 0. The standard InChI is InChI=1S/C7H6F2O/c8-7(9)10-6-4-2-1-3-5-6/h1-5,7H/i1D,2D,3D,4D,5D. The first-order valence-corrected chi connectivity index (χ1v) is 2.38. The molecule has 1 aromatic carbocycles. The highest BCUT2D eigenvalue weighted by molar-refractivity contribution is 5.20. The highest BCUT2D eigenvalue weighted by atomic mass is 19.3. The first-order chi connectivity index (χ1) is 6.86. The first-order valence-electron chi connectivity index (χ1n) is 4.88. The molecule has 0 radical (unpaired) electrons. The minimum Gasteiger partial charge on any atom is -0.435 e. The molecule has 0 fully saturated rings. The van der Waals surface area contributed by atoms with Crippen molar-refractivity contribution in [3.05, 3.63) is 30.2 Å². The third-order valence-corrected chi connectivity index (χ3v) is 0.684. The monoisotopic (exact) mass is 149 g/mol. The lowest BCUT2D eigenvalue weighted by Crippen LogP contribution is -2.00. The van der Waals surface area contributed by atoms with Crippen LogP contribution >= 0.6 is 0 Å². The van der Waals surface area contributed by atoms with Crippen LogP contribution in [0.4, 0.5) is 8.78 Å². The fourth-order valence-electron chi connectivity index (χ4n) is 0.387. The van der Waals surface area contributed by atoms with E-state index in [0.29, 0.717) is 0 Å². The van der Waals surface area contributed by atoms with Gasteiger partial charge in [-0.15, -0.1) is 0 Å². The van der Waals surface area contributed by atoms with Gasteiger partial charge in [0.1, 0.15) is 5.75 Å². The summed E-state index contributed by atoms with van der Waals surface area (Å²) in [5, 5.41) is 0. The van der Waals surface area contributed by atoms with Gasteiger partial charge in [-0.25, -0.2) is 0 Å². The quantitative estimate of drug-likeness (QED) is 0.626. The Morgan fingerprint density at radius 1 is 1.30 bits per heavy atom. The maximum Gasteiger partial charge on any atom is 0.387 e. The van der Waals surface area contributed by atoms with Crippen LogP contribution in [-0.2, 0) is 0 Å². The smallest absolute Gasteiger partial charge is 0.387 e. The maximum absolute atomic E-state index is 11.9. The average Bonchev–Trinajstić information content (AvgIpc) is 2.18. The molecule has 54 valence electrons. The number of halogens is 2. The molecule has 0 aromatic heterocycles. The number of benzene rings is 1. The van der Waals surface area contributed by atoms with Crippen molar-refractivity contribution in [2.45, 2.75) is 6.61 Å². The zero-order valence-electron chi connectivity index (χ0n) is 9.74. The van der Waals surface area contributed by atoms with Gasteiger partial charge < -0.3 is 4.74 Å². The van der Waals surface area contributed by atoms with Crippen LogP contribution in [0.2, 0.25) is 0 Å². The molecule has 0 saturated heterocycles. The van der Waals surface area contributed by atoms with Gasteiger partial charge in [-0.05, 0) is 12.1 Å². The number of rotatable bonds is 2. The molecular formula is C7H6F2O. The van der Waals surface area contributed by atoms with Crippen molar-refractivity contribution in [3.63, 3.8) is 0 Å². The van der Waals surface area contributed by atoms with Gasteiger partial charge in [0.05, 0.1) is 6.85 Å². The van der Waals surface area contributed by atoms with Gasteiger partial charge in [-0.2, -0.15) is 8.78 Å². The van der Waals surface area contributed by atoms with Crippen molar-refractivity contribution in [2.75, 3.05) is 0 Å². The van der Waals surface area contributed by atoms with E-state index < -0.39 is 42.6 Å². The van der Waals surface area contributed by atoms with Crippen molar-refractivity contribution >= 4 is 0 Å². The summed E-state index contributed by atoms with van der Waals surface area (Å²) in [6.07, 6.45) is 0. The summed E-state index contributed by atoms with van der Waals surface area (Å²) in [5.74, 6) is -0.837. The molecule has 0 aliphatic rings. The van der Waals surface area contributed by atoms with E-state index in [1.165, 1.54) is 0 Å². The molecule has 0 aliphatic heterocycles. The molecule has 0 aliphatic carbocycles. The van der Waals surface area contributed by atoms with Crippen molar-refractivity contribution in [1.29, 1.82) is 0 Å². The number of alkyl halides is 2. The van der Waals surface area contributed by atoms with E-state index in [2.05, 4.69) is 4.74 Å². The molecule has 1 nitrogen and oxygen atoms in total. The number of para-hydroxylation sites is 1. The summed E-state index contributed by atoms with van der Waals surface area (Å²) in [4.78, 5) is 0. The molecule has 1 rings (SSSR count). The van der Waals surface area contributed by atoms with Crippen molar-refractivity contribution < 1.29 is 20.4 Å². The van der Waals surface area contributed by atoms with E-state index >= 15 is 0 Å². The van der Waals surface area contributed by atoms with E-state index in [4.69, 9.17) is 6.85 Å². The molecule has 0 bridgehead atoms. The summed E-state index contributed by atoms with van der Waals surface area (Å²) in [7, 11) is 0. The lowest BCUT2D eigenvalue weighted by Gasteiger charge is -2.01. The van der Waals surface area contributed by atoms with Gasteiger partial charge in [0, 0.05) is 0 Å². The van der Waals surface area contributed by atoms with Gasteiger partial charge in [-0.3, -0.25) is 0 Å². The Hall–Kier alpha value is -1.12. The van der Waals surface area contributed by atoms with Crippen LogP contribution < -0.4 is 4.74 Å². The van der Waals surface area contributed by atoms with Crippen LogP contribution in [0.3, 0.4) is 0 Å². The fourth-order valence-corrected chi connectivity index (χ4v) is 0.387. The van der Waals surface area contributed by atoms with Crippen molar-refractivity contribution in [2.24, 2.45) is 0 Å². The van der Waals surface area contributed by atoms with E-state index in [0.717, 1.165) is 0 Å². The largest absolute Gasteiger partial charge is 0.435 e. The summed E-state index contributed by atoms with van der Waals surface area (Å²) in [6.45, 7) is -3.23. The second-order valence-corrected chi connectivity index (χ2v) is 1.33. The van der Waals surface area contributed by atoms with Crippen molar-refractivity contribution in [3.8, 4) is 5.75 Å². The van der Waals surface area contributed by atoms with Crippen LogP contribution in [-0.4, -0.2) is 6.61 Å². The SMILES string of the molecule is [2H]c1c([2H])c([2H])c(OC(F)F)c([2H])c1[2H]. The third-order valence-electron chi connectivity index (χ3n) is 0.684. The first kappa shape index (κ1) is 2.86. The lowest BCUT2D eigenvalue weighted by molar-refractivity contribution is -0.0498. The summed E-state index contributed by atoms with van der Waals surface area (Å²) in [6, 6.07) is -3.60. The number of ether oxygens (including phenoxy) is 1. The second-order valence-electron chi connectivity index (χ2n) is 1.33. The molecule has 1 aromatic rings. The Morgan fingerprint density at radius 3 is 2.40 bits per heavy atom. The van der Waals surface area contributed by atoms with Gasteiger partial charge >= 0.3 is 6.61 Å². The van der Waals surface area contributed by atoms with Crippen LogP contribution in [0.5, 0.6) is 5.75 Å². The molecule has 3 heteroatoms. The van der Waals surface area contributed by atoms with Crippen molar-refractivity contribution in [1.82, 2.24) is 0 Å². The fraction of sp³-hybridized carbons (Fsp3) is 0.143. The average molecular weight is 149 g/mol. The molecule has 0 unspecified atom stereocenters. The Kier molecular flexibility index (Phi) is 0.902. The maximum atomic E-state index is 11.9. The van der Waals surface area contributed by atoms with Gasteiger partial charge in [0.15, 0.2) is 0 Å². The van der Waals surface area contributed by atoms with E-state index in [1.807, 2.05) is 0 Å². The van der Waals surface area contributed by atoms with Crippen LogP contribution in [0.1, 0.15) is 6.85 Å². The van der Waals surface area contributed by atoms with Gasteiger partial charge in [-0.1, -0.05) is 18.1 Å². The predicted molar refractivity (Wildman–Crippen MR) is 33.1 cm³/mol. The molecular weight excluding hydrogens is 138 g/mol. The van der Waals surface area contributed by atoms with Gasteiger partial charge in [0.25, 0.3) is 0 Å². The van der Waals surface area contributed by atoms with Crippen LogP contribution in [0, 0.1) is 0 Å². The van der Waals surface area contributed by atoms with Crippen LogP contribution in [0.25, 0.3) is 0 Å². The molecule has 0 spiro atoms. The Labute approximate surface area is 64.3 Å². The molecule has 10 heavy (non-hydrogen) atoms. The van der Waals surface area contributed by atoms with E-state index in [1.54, 1.807) is 0 Å². The summed E-state index contributed by atoms with van der Waals surface area (Å²) >= 11 is 0. The van der Waals surface area contributed by atoms with E-state index in [9.17, 15) is 8.78 Å². The van der Waals surface area contributed by atoms with Gasteiger partial charge in [0.2, 0.25) is 0 Å². The normalized spacial score (nSPS) is 16.9. The lowest BCUT2D eigenvalue weighted by atomic mass is 10.3. The minimum absolute atomic E-state index is 0.647. The molecule has 0 heterocycles. The zero-order valence-corrected chi connectivity index (χ0v) is 4.74. The minimum atomic E-state index is -3.23. The Morgan fingerprint density at radius 2 is 1.90 bits per heavy atom. The molecule has 0 atom stereocenters. The Bertz CT molecular complexity index is 366. The topological polar surface area (TPSA) is 9.23 Å². The number of hydrogen-bond acceptors (Lipinski definition) is 1. The molecule has 0 amide bonds. The molecule has 0 saturated carbocycles. The Balaban J connectivity index is 3.39. The molecule has 0 N–H and O–H groups in total. The third kappa shape index (κ3) is 2.01. The predicted octanol–water partition coefficient (Wildman–Crippen LogP) is 2.29. The van der Waals surface area contributed by atoms with Crippen LogP contribution in [0.15, 0.2) is 30.2 Å². The highest BCUT2D eigenvalue weighted by Crippen LogP contribution is 2.11.